The fourth-order valence-corrected chi connectivity index (χ4v) is 17.3. The zero-order valence-corrected chi connectivity index (χ0v) is 22.4. The van der Waals surface area contributed by atoms with Gasteiger partial charge >= 0.3 is 180 Å². The summed E-state index contributed by atoms with van der Waals surface area (Å²) in [6, 6.07) is 14.3. The summed E-state index contributed by atoms with van der Waals surface area (Å²) in [5.41, 5.74) is 13.0. The Morgan fingerprint density at radius 1 is 0.357 bits per heavy atom. The third-order valence-electron chi connectivity index (χ3n) is 5.58. The topological polar surface area (TPSA) is 0 Å². The van der Waals surface area contributed by atoms with Crippen LogP contribution in [0.2, 0.25) is 0 Å². The Balaban J connectivity index is 2.45. The molecule has 0 aromatic heterocycles. The first-order valence-corrected chi connectivity index (χ1v) is 15.4. The normalized spacial score (nSPS) is 11.4. The minimum atomic E-state index is -2.48. The number of aryl methyl sites for hydroxylation is 9. The Morgan fingerprint density at radius 2 is 0.536 bits per heavy atom. The Morgan fingerprint density at radius 3 is 0.714 bits per heavy atom. The molecule has 3 rings (SSSR count). The number of rotatable bonds is 3. The van der Waals surface area contributed by atoms with E-state index in [9.17, 15) is 0 Å². The third-order valence-corrected chi connectivity index (χ3v) is 19.0. The van der Waals surface area contributed by atoms with Gasteiger partial charge in [-0.3, -0.25) is 0 Å². The van der Waals surface area contributed by atoms with E-state index in [1.807, 2.05) is 0 Å². The second-order valence-electron chi connectivity index (χ2n) is 8.58. The van der Waals surface area contributed by atoms with E-state index in [1.54, 1.807) is 9.81 Å². The molecule has 0 nitrogen and oxygen atoms in total. The average Bonchev–Trinajstić information content (AvgIpc) is 2.51. The monoisotopic (exact) mass is 566 g/mol. The van der Waals surface area contributed by atoms with E-state index in [2.05, 4.69) is 98.7 Å². The fraction of sp³-hybridized carbons (Fsp3) is 0.333. The molecule has 0 saturated heterocycles. The van der Waals surface area contributed by atoms with Crippen LogP contribution in [0.15, 0.2) is 36.4 Å². The van der Waals surface area contributed by atoms with Gasteiger partial charge in [-0.05, 0) is 0 Å². The molecule has 0 aliphatic heterocycles. The molecule has 0 spiro atoms. The molecule has 0 bridgehead atoms. The van der Waals surface area contributed by atoms with Crippen LogP contribution in [0.3, 0.4) is 0 Å². The molecule has 0 saturated carbocycles. The van der Waals surface area contributed by atoms with Crippen molar-refractivity contribution in [3.8, 4) is 0 Å². The van der Waals surface area contributed by atoms with Crippen molar-refractivity contribution in [3.05, 3.63) is 86.5 Å². The van der Waals surface area contributed by atoms with Gasteiger partial charge in [0.2, 0.25) is 0 Å². The number of hydrogen-bond acceptors (Lipinski definition) is 0. The summed E-state index contributed by atoms with van der Waals surface area (Å²) in [6.45, 7) is 20.6. The first-order chi connectivity index (χ1) is 13.1. The van der Waals surface area contributed by atoms with Crippen molar-refractivity contribution in [2.45, 2.75) is 62.3 Å². The Labute approximate surface area is 179 Å². The molecule has 3 aromatic rings. The third kappa shape index (κ3) is 3.97. The van der Waals surface area contributed by atoms with Crippen molar-refractivity contribution in [1.29, 1.82) is 0 Å². The summed E-state index contributed by atoms with van der Waals surface area (Å²) in [7, 11) is 0. The Bertz CT molecular complexity index is 850. The second-order valence-corrected chi connectivity index (χ2v) is 16.4. The molecule has 1 heteroatoms. The van der Waals surface area contributed by atoms with Crippen LogP contribution in [-0.2, 0) is 0 Å². The molecular formula is C27H33Bi. The second kappa shape index (κ2) is 8.12. The van der Waals surface area contributed by atoms with Crippen molar-refractivity contribution >= 4 is 31.6 Å². The standard InChI is InChI=1S/3C9H11.Bi/c3*1-7-4-8(2)6-9(3)5-7;/h3*4-5H,1-3H3;. The number of hydrogen-bond donors (Lipinski definition) is 0. The molecule has 0 fully saturated rings. The van der Waals surface area contributed by atoms with E-state index >= 15 is 0 Å². The van der Waals surface area contributed by atoms with Crippen molar-refractivity contribution in [2.75, 3.05) is 0 Å². The van der Waals surface area contributed by atoms with Crippen molar-refractivity contribution in [3.63, 3.8) is 0 Å². The Hall–Kier alpha value is -1.46. The minimum absolute atomic E-state index is 1.37. The van der Waals surface area contributed by atoms with Crippen LogP contribution in [0.4, 0.5) is 0 Å². The van der Waals surface area contributed by atoms with E-state index < -0.39 is 21.8 Å². The molecule has 0 radical (unpaired) electrons. The van der Waals surface area contributed by atoms with Gasteiger partial charge in [-0.1, -0.05) is 0 Å². The maximum atomic E-state index is 2.39. The van der Waals surface area contributed by atoms with Crippen LogP contribution in [0.25, 0.3) is 0 Å². The molecule has 146 valence electrons. The molecule has 0 N–H and O–H groups in total. The summed E-state index contributed by atoms with van der Waals surface area (Å²) in [5.74, 6) is 0. The van der Waals surface area contributed by atoms with E-state index in [1.165, 1.54) is 50.1 Å². The fourth-order valence-electron chi connectivity index (χ4n) is 4.91. The maximum absolute atomic E-state index is 2.48. The van der Waals surface area contributed by atoms with E-state index in [0.29, 0.717) is 0 Å². The summed E-state index contributed by atoms with van der Waals surface area (Å²) >= 11 is -2.48. The first kappa shape index (κ1) is 21.3. The predicted molar refractivity (Wildman–Crippen MR) is 127 cm³/mol. The van der Waals surface area contributed by atoms with E-state index in [4.69, 9.17) is 0 Å². The van der Waals surface area contributed by atoms with Gasteiger partial charge in [-0.25, -0.2) is 0 Å². The summed E-state index contributed by atoms with van der Waals surface area (Å²) in [6.07, 6.45) is 0. The molecule has 3 aromatic carbocycles. The van der Waals surface area contributed by atoms with Crippen molar-refractivity contribution in [1.82, 2.24) is 0 Å². The quantitative estimate of drug-likeness (QED) is 0.393. The van der Waals surface area contributed by atoms with Crippen molar-refractivity contribution in [2.24, 2.45) is 0 Å². The van der Waals surface area contributed by atoms with Crippen LogP contribution in [0, 0.1) is 62.3 Å². The molecule has 0 heterocycles. The molecule has 0 unspecified atom stereocenters. The van der Waals surface area contributed by atoms with Crippen LogP contribution >= 0.6 is 0 Å². The summed E-state index contributed by atoms with van der Waals surface area (Å²) in [4.78, 5) is 0. The van der Waals surface area contributed by atoms with Crippen LogP contribution in [-0.4, -0.2) is 21.8 Å². The van der Waals surface area contributed by atoms with Gasteiger partial charge in [0.1, 0.15) is 0 Å². The summed E-state index contributed by atoms with van der Waals surface area (Å²) in [5, 5.41) is 0. The Kier molecular flexibility index (Phi) is 6.16. The van der Waals surface area contributed by atoms with Gasteiger partial charge in [-0.2, -0.15) is 0 Å². The molecule has 0 amide bonds. The SMILES string of the molecule is Cc1cc(C)[c]([Bi]([c]2c(C)cc(C)cc2C)[c]2c(C)cc(C)cc2C)c(C)c1. The molecule has 0 atom stereocenters. The van der Waals surface area contributed by atoms with Crippen LogP contribution in [0.5, 0.6) is 0 Å². The van der Waals surface area contributed by atoms with Gasteiger partial charge in [0.15, 0.2) is 0 Å². The van der Waals surface area contributed by atoms with Crippen LogP contribution < -0.4 is 9.81 Å². The zero-order valence-electron chi connectivity index (χ0n) is 18.9. The van der Waals surface area contributed by atoms with Gasteiger partial charge in [-0.15, -0.1) is 0 Å². The van der Waals surface area contributed by atoms with Gasteiger partial charge in [0, 0.05) is 0 Å². The summed E-state index contributed by atoms with van der Waals surface area (Å²) < 4.78 is 5.02. The average molecular weight is 567 g/mol. The molecule has 0 aliphatic carbocycles. The van der Waals surface area contributed by atoms with Gasteiger partial charge in [0.05, 0.1) is 0 Å². The van der Waals surface area contributed by atoms with Gasteiger partial charge in [0.25, 0.3) is 0 Å². The molecule has 0 aliphatic rings. The van der Waals surface area contributed by atoms with E-state index in [-0.39, 0.29) is 0 Å². The zero-order chi connectivity index (χ0) is 20.7. The molecule has 28 heavy (non-hydrogen) atoms. The van der Waals surface area contributed by atoms with Crippen LogP contribution in [0.1, 0.15) is 50.1 Å². The first-order valence-electron chi connectivity index (χ1n) is 10.1. The predicted octanol–water partition coefficient (Wildman–Crippen LogP) is 4.98. The van der Waals surface area contributed by atoms with Gasteiger partial charge < -0.3 is 0 Å². The van der Waals surface area contributed by atoms with Crippen molar-refractivity contribution < 1.29 is 0 Å². The molecular weight excluding hydrogens is 533 g/mol. The van der Waals surface area contributed by atoms with E-state index in [0.717, 1.165) is 0 Å². The number of benzene rings is 3.